The van der Waals surface area contributed by atoms with Crippen LogP contribution in [0.3, 0.4) is 0 Å². The van der Waals surface area contributed by atoms with E-state index < -0.39 is 10.7 Å². The topological polar surface area (TPSA) is 64.7 Å². The van der Waals surface area contributed by atoms with Crippen LogP contribution in [0.1, 0.15) is 20.8 Å². The molecule has 0 aliphatic carbocycles. The van der Waals surface area contributed by atoms with E-state index in [1.54, 1.807) is 6.92 Å². The van der Waals surface area contributed by atoms with Crippen molar-refractivity contribution in [2.45, 2.75) is 20.8 Å². The van der Waals surface area contributed by atoms with Crippen LogP contribution in [0.5, 0.6) is 5.75 Å². The zero-order valence-corrected chi connectivity index (χ0v) is 12.7. The van der Waals surface area contributed by atoms with Gasteiger partial charge in [-0.25, -0.2) is 9.38 Å². The van der Waals surface area contributed by atoms with Crippen LogP contribution in [0.25, 0.3) is 0 Å². The zero-order valence-electron chi connectivity index (χ0n) is 12.0. The number of nitro benzene ring substituents is 1. The van der Waals surface area contributed by atoms with Crippen molar-refractivity contribution in [3.63, 3.8) is 0 Å². The molecule has 5 nitrogen and oxygen atoms in total. The summed E-state index contributed by atoms with van der Waals surface area (Å²) in [6, 6.07) is 3.13. The average molecular weight is 315 g/mol. The minimum Gasteiger partial charge on any atom is -0.459 e. The molecule has 0 saturated carbocycles. The van der Waals surface area contributed by atoms with E-state index in [1.165, 1.54) is 18.4 Å². The summed E-state index contributed by atoms with van der Waals surface area (Å²) >= 11 is 5.41. The van der Waals surface area contributed by atoms with Gasteiger partial charge < -0.3 is 4.74 Å². The molecule has 0 bridgehead atoms. The van der Waals surface area contributed by atoms with Crippen LogP contribution < -0.4 is 4.74 Å². The molecule has 114 valence electrons. The number of halogens is 2. The summed E-state index contributed by atoms with van der Waals surface area (Å²) in [4.78, 5) is 13.4. The van der Waals surface area contributed by atoms with E-state index in [0.717, 1.165) is 12.1 Å². The molecule has 0 aromatic heterocycles. The number of non-ortho nitro benzene ring substituents is 1. The van der Waals surface area contributed by atoms with Crippen LogP contribution in [0.4, 0.5) is 10.1 Å². The number of hydrogen-bond acceptors (Lipinski definition) is 4. The van der Waals surface area contributed by atoms with Gasteiger partial charge in [0.2, 0.25) is 0 Å². The fourth-order valence-electron chi connectivity index (χ4n) is 1.12. The van der Waals surface area contributed by atoms with E-state index in [4.69, 9.17) is 16.3 Å². The first-order chi connectivity index (χ1) is 9.90. The maximum Gasteiger partial charge on any atom is 0.272 e. The molecule has 0 aliphatic rings. The normalized spacial score (nSPS) is 10.8. The Balaban J connectivity index is 0.00000191. The molecule has 21 heavy (non-hydrogen) atoms. The highest BCUT2D eigenvalue weighted by atomic mass is 35.5. The first kappa shape index (κ1) is 18.8. The summed E-state index contributed by atoms with van der Waals surface area (Å²) in [5.74, 6) is -0.590. The molecule has 0 heterocycles. The molecule has 1 aromatic rings. The third-order valence-electron chi connectivity index (χ3n) is 1.92. The Morgan fingerprint density at radius 3 is 2.62 bits per heavy atom. The van der Waals surface area contributed by atoms with Gasteiger partial charge in [0.25, 0.3) is 5.69 Å². The highest BCUT2D eigenvalue weighted by molar-refractivity contribution is 6.29. The van der Waals surface area contributed by atoms with Crippen molar-refractivity contribution in [1.29, 1.82) is 0 Å². The molecule has 1 rings (SSSR count). The zero-order chi connectivity index (χ0) is 16.4. The number of benzene rings is 1. The number of allylic oxidation sites excluding steroid dienone is 2. The molecule has 0 saturated heterocycles. The average Bonchev–Trinajstić information content (AvgIpc) is 2.42. The summed E-state index contributed by atoms with van der Waals surface area (Å²) < 4.78 is 18.7. The predicted octanol–water partition coefficient (Wildman–Crippen LogP) is 4.82. The van der Waals surface area contributed by atoms with Gasteiger partial charge in [-0.3, -0.25) is 10.1 Å². The van der Waals surface area contributed by atoms with Gasteiger partial charge in [0.05, 0.1) is 11.0 Å². The second kappa shape index (κ2) is 9.66. The summed E-state index contributed by atoms with van der Waals surface area (Å²) in [6.45, 7) is 8.92. The highest BCUT2D eigenvalue weighted by Crippen LogP contribution is 2.23. The summed E-state index contributed by atoms with van der Waals surface area (Å²) in [7, 11) is 0. The predicted molar refractivity (Wildman–Crippen MR) is 82.3 cm³/mol. The van der Waals surface area contributed by atoms with Gasteiger partial charge in [-0.15, -0.1) is 0 Å². The van der Waals surface area contributed by atoms with Crippen molar-refractivity contribution >= 4 is 23.5 Å². The fraction of sp³-hybridized carbons (Fsp3) is 0.214. The summed E-state index contributed by atoms with van der Waals surface area (Å²) in [5, 5.41) is 10.5. The van der Waals surface area contributed by atoms with Crippen LogP contribution in [-0.2, 0) is 0 Å². The lowest BCUT2D eigenvalue weighted by molar-refractivity contribution is -0.385. The number of aliphatic imine (C=N–C) groups is 1. The lowest BCUT2D eigenvalue weighted by atomic mass is 10.3. The van der Waals surface area contributed by atoms with Crippen molar-refractivity contribution in [3.8, 4) is 5.75 Å². The molecule has 0 atom stereocenters. The Hall–Kier alpha value is -2.21. The summed E-state index contributed by atoms with van der Waals surface area (Å²) in [5.41, 5.74) is -0.341. The van der Waals surface area contributed by atoms with Crippen molar-refractivity contribution < 1.29 is 14.1 Å². The van der Waals surface area contributed by atoms with E-state index in [2.05, 4.69) is 11.6 Å². The minimum atomic E-state index is -0.819. The largest absolute Gasteiger partial charge is 0.459 e. The monoisotopic (exact) mass is 314 g/mol. The first-order valence-electron chi connectivity index (χ1n) is 6.07. The van der Waals surface area contributed by atoms with Crippen molar-refractivity contribution in [2.24, 2.45) is 4.99 Å². The Morgan fingerprint density at radius 1 is 1.52 bits per heavy atom. The second-order valence-electron chi connectivity index (χ2n) is 3.41. The third kappa shape index (κ3) is 7.22. The Labute approximate surface area is 127 Å². The second-order valence-corrected chi connectivity index (χ2v) is 3.84. The molecule has 0 amide bonds. The molecular weight excluding hydrogens is 299 g/mol. The van der Waals surface area contributed by atoms with E-state index in [1.807, 2.05) is 13.8 Å². The quantitative estimate of drug-likeness (QED) is 0.257. The number of rotatable bonds is 5. The number of ether oxygens (including phenoxy) is 1. The SMILES string of the molecule is C=C(Cl)/N=C\C=C(/C)Oc1ccc([N+](=O)[O-])cc1F.CC. The molecule has 1 aromatic carbocycles. The molecule has 0 radical (unpaired) electrons. The minimum absolute atomic E-state index is 0.102. The lowest BCUT2D eigenvalue weighted by Gasteiger charge is -2.05. The van der Waals surface area contributed by atoms with Crippen LogP contribution in [-0.4, -0.2) is 11.1 Å². The van der Waals surface area contributed by atoms with Crippen molar-refractivity contribution in [1.82, 2.24) is 0 Å². The summed E-state index contributed by atoms with van der Waals surface area (Å²) in [6.07, 6.45) is 2.79. The van der Waals surface area contributed by atoms with Crippen LogP contribution in [0.2, 0.25) is 0 Å². The highest BCUT2D eigenvalue weighted by Gasteiger charge is 2.11. The van der Waals surface area contributed by atoms with Gasteiger partial charge >= 0.3 is 0 Å². The maximum absolute atomic E-state index is 13.5. The maximum atomic E-state index is 13.5. The first-order valence-corrected chi connectivity index (χ1v) is 6.45. The fourth-order valence-corrected chi connectivity index (χ4v) is 1.17. The smallest absolute Gasteiger partial charge is 0.272 e. The Kier molecular flexibility index (Phi) is 8.64. The number of nitro groups is 1. The van der Waals surface area contributed by atoms with Crippen LogP contribution >= 0.6 is 11.6 Å². The third-order valence-corrected chi connectivity index (χ3v) is 2.02. The number of nitrogens with zero attached hydrogens (tertiary/aromatic N) is 2. The standard InChI is InChI=1S/C12H10ClFN2O3.C2H6/c1-8(5-6-15-9(2)13)19-12-4-3-10(16(17)18)7-11(12)14;1-2/h3-7H,2H2,1H3;1-2H3/b8-5+,15-6-;. The van der Waals surface area contributed by atoms with Crippen LogP contribution in [0.15, 0.2) is 46.8 Å². The number of hydrogen-bond donors (Lipinski definition) is 0. The molecule has 0 aliphatic heterocycles. The van der Waals surface area contributed by atoms with Gasteiger partial charge in [-0.2, -0.15) is 0 Å². The van der Waals surface area contributed by atoms with Crippen LogP contribution in [0, 0.1) is 15.9 Å². The van der Waals surface area contributed by atoms with Gasteiger partial charge in [-0.1, -0.05) is 32.0 Å². The van der Waals surface area contributed by atoms with Gasteiger partial charge in [-0.05, 0) is 19.1 Å². The Bertz CT molecular complexity index is 571. The molecule has 0 fully saturated rings. The van der Waals surface area contributed by atoms with Gasteiger partial charge in [0, 0.05) is 12.3 Å². The van der Waals surface area contributed by atoms with Crippen molar-refractivity contribution in [2.75, 3.05) is 0 Å². The van der Waals surface area contributed by atoms with E-state index >= 15 is 0 Å². The molecular formula is C14H16ClFN2O3. The molecule has 0 N–H and O–H groups in total. The Morgan fingerprint density at radius 2 is 2.14 bits per heavy atom. The molecule has 0 unspecified atom stereocenters. The lowest BCUT2D eigenvalue weighted by Crippen LogP contribution is -1.96. The van der Waals surface area contributed by atoms with Gasteiger partial charge in [0.1, 0.15) is 10.9 Å². The van der Waals surface area contributed by atoms with E-state index in [0.29, 0.717) is 5.76 Å². The molecule has 7 heteroatoms. The molecule has 0 spiro atoms. The van der Waals surface area contributed by atoms with E-state index in [9.17, 15) is 14.5 Å². The van der Waals surface area contributed by atoms with E-state index in [-0.39, 0.29) is 16.6 Å². The van der Waals surface area contributed by atoms with Gasteiger partial charge in [0.15, 0.2) is 11.6 Å². The van der Waals surface area contributed by atoms with Crippen molar-refractivity contribution in [3.05, 3.63) is 57.7 Å².